The van der Waals surface area contributed by atoms with E-state index in [4.69, 9.17) is 4.99 Å². The van der Waals surface area contributed by atoms with Crippen molar-refractivity contribution in [2.45, 2.75) is 72.5 Å². The molecule has 5 atom stereocenters. The van der Waals surface area contributed by atoms with E-state index in [9.17, 15) is 9.18 Å². The fraction of sp³-hybridized carbons (Fsp3) is 0.576. The summed E-state index contributed by atoms with van der Waals surface area (Å²) in [6, 6.07) is 12.1. The number of carbonyl (C=O) groups is 1. The first-order valence-corrected chi connectivity index (χ1v) is 15.1. The van der Waals surface area contributed by atoms with E-state index in [1.807, 2.05) is 36.1 Å². The van der Waals surface area contributed by atoms with Crippen molar-refractivity contribution in [3.8, 4) is 0 Å². The summed E-state index contributed by atoms with van der Waals surface area (Å²) < 4.78 is 14.4. The molecule has 0 aromatic heterocycles. The third-order valence-corrected chi connectivity index (χ3v) is 10.4. The standard InChI is InChI=1S/C33H44FN5O/c1-20-6-7-23(29(34)14-20)10-12-38-19-24-15-26(8-9-27(24)31(38)40)36-32(39-13-11-35-21(2)18-39)37-30-17-25-16-28(22(30)3)33(25,4)5/h6-9,14-15,21-22,25,28,30,35H,10-13,16-19H2,1-5H3,(H,36,37)/t21-,22-,25+,28-,30-/m0/s1. The Morgan fingerprint density at radius 3 is 2.73 bits per heavy atom. The van der Waals surface area contributed by atoms with Gasteiger partial charge in [-0.25, -0.2) is 9.38 Å². The van der Waals surface area contributed by atoms with Crippen LogP contribution in [0.3, 0.4) is 0 Å². The van der Waals surface area contributed by atoms with Crippen LogP contribution < -0.4 is 10.6 Å². The van der Waals surface area contributed by atoms with Crippen LogP contribution in [0.4, 0.5) is 10.1 Å². The molecular weight excluding hydrogens is 501 g/mol. The van der Waals surface area contributed by atoms with Crippen molar-refractivity contribution in [1.29, 1.82) is 0 Å². The van der Waals surface area contributed by atoms with E-state index in [1.165, 1.54) is 6.42 Å². The molecule has 3 aliphatic carbocycles. The highest BCUT2D eigenvalue weighted by atomic mass is 19.1. The topological polar surface area (TPSA) is 60.0 Å². The average Bonchev–Trinajstić information content (AvgIpc) is 3.23. The van der Waals surface area contributed by atoms with E-state index < -0.39 is 0 Å². The second-order valence-electron chi connectivity index (χ2n) is 13.3. The second-order valence-corrected chi connectivity index (χ2v) is 13.3. The number of aryl methyl sites for hydroxylation is 1. The molecular formula is C33H44FN5O. The Hall–Kier alpha value is -2.93. The Labute approximate surface area is 238 Å². The van der Waals surface area contributed by atoms with E-state index in [1.54, 1.807) is 6.07 Å². The smallest absolute Gasteiger partial charge is 0.254 e. The van der Waals surface area contributed by atoms with Crippen molar-refractivity contribution in [3.63, 3.8) is 0 Å². The zero-order valence-electron chi connectivity index (χ0n) is 24.6. The lowest BCUT2D eigenvalue weighted by Crippen LogP contribution is -2.57. The number of fused-ring (bicyclic) bond motifs is 3. The summed E-state index contributed by atoms with van der Waals surface area (Å²) in [5.74, 6) is 2.86. The molecule has 5 aliphatic rings. The minimum absolute atomic E-state index is 0.0248. The van der Waals surface area contributed by atoms with Gasteiger partial charge in [0.05, 0.1) is 6.04 Å². The molecule has 1 saturated heterocycles. The summed E-state index contributed by atoms with van der Waals surface area (Å²) in [5, 5.41) is 7.24. The van der Waals surface area contributed by atoms with Gasteiger partial charge >= 0.3 is 0 Å². The van der Waals surface area contributed by atoms with Gasteiger partial charge in [-0.05, 0) is 97.2 Å². The van der Waals surface area contributed by atoms with Gasteiger partial charge in [0.1, 0.15) is 5.82 Å². The summed E-state index contributed by atoms with van der Waals surface area (Å²) in [7, 11) is 0. The predicted octanol–water partition coefficient (Wildman–Crippen LogP) is 5.46. The Bertz CT molecular complexity index is 1320. The van der Waals surface area contributed by atoms with Crippen LogP contribution in [0.15, 0.2) is 41.4 Å². The van der Waals surface area contributed by atoms with Gasteiger partial charge in [-0.3, -0.25) is 4.79 Å². The van der Waals surface area contributed by atoms with Crippen LogP contribution >= 0.6 is 0 Å². The van der Waals surface area contributed by atoms with E-state index in [0.29, 0.717) is 48.5 Å². The van der Waals surface area contributed by atoms with Gasteiger partial charge in [-0.1, -0.05) is 32.9 Å². The summed E-state index contributed by atoms with van der Waals surface area (Å²) in [6.45, 7) is 15.2. The molecule has 2 bridgehead atoms. The van der Waals surface area contributed by atoms with E-state index in [0.717, 1.165) is 66.2 Å². The molecule has 2 aromatic carbocycles. The number of rotatable bonds is 5. The van der Waals surface area contributed by atoms with Gasteiger partial charge in [0.15, 0.2) is 5.96 Å². The maximum atomic E-state index is 14.4. The molecule has 2 aromatic rings. The molecule has 0 spiro atoms. The van der Waals surface area contributed by atoms with Gasteiger partial charge in [-0.15, -0.1) is 0 Å². The third kappa shape index (κ3) is 5.02. The van der Waals surface area contributed by atoms with Gasteiger partial charge in [0.25, 0.3) is 5.91 Å². The monoisotopic (exact) mass is 545 g/mol. The predicted molar refractivity (Wildman–Crippen MR) is 159 cm³/mol. The zero-order valence-corrected chi connectivity index (χ0v) is 24.6. The van der Waals surface area contributed by atoms with Crippen molar-refractivity contribution in [2.75, 3.05) is 31.5 Å². The molecule has 0 unspecified atom stereocenters. The van der Waals surface area contributed by atoms with Gasteiger partial charge < -0.3 is 20.4 Å². The first-order valence-electron chi connectivity index (χ1n) is 15.1. The quantitative estimate of drug-likeness (QED) is 0.387. The minimum Gasteiger partial charge on any atom is -0.340 e. The first-order chi connectivity index (χ1) is 19.1. The van der Waals surface area contributed by atoms with Crippen LogP contribution in [0.25, 0.3) is 0 Å². The summed E-state index contributed by atoms with van der Waals surface area (Å²) in [5.41, 5.74) is 4.72. The lowest BCUT2D eigenvalue weighted by Gasteiger charge is -2.61. The highest BCUT2D eigenvalue weighted by molar-refractivity contribution is 6.00. The number of amides is 1. The molecule has 4 fully saturated rings. The summed E-state index contributed by atoms with van der Waals surface area (Å²) >= 11 is 0. The number of piperazine rings is 1. The highest BCUT2D eigenvalue weighted by Gasteiger charge is 2.56. The van der Waals surface area contributed by atoms with E-state index in [-0.39, 0.29) is 11.7 Å². The number of benzene rings is 2. The maximum Gasteiger partial charge on any atom is 0.254 e. The van der Waals surface area contributed by atoms with Crippen LogP contribution in [-0.2, 0) is 13.0 Å². The largest absolute Gasteiger partial charge is 0.340 e. The van der Waals surface area contributed by atoms with Crippen molar-refractivity contribution in [2.24, 2.45) is 28.2 Å². The number of guanidine groups is 1. The number of carbonyl (C=O) groups excluding carboxylic acids is 1. The Morgan fingerprint density at radius 2 is 2.00 bits per heavy atom. The normalized spacial score (nSPS) is 29.3. The molecule has 7 heteroatoms. The van der Waals surface area contributed by atoms with E-state index >= 15 is 0 Å². The minimum atomic E-state index is -0.196. The third-order valence-electron chi connectivity index (χ3n) is 10.4. The zero-order chi connectivity index (χ0) is 28.2. The Kier molecular flexibility index (Phi) is 7.14. The highest BCUT2D eigenvalue weighted by Crippen LogP contribution is 2.61. The molecule has 3 saturated carbocycles. The van der Waals surface area contributed by atoms with E-state index in [2.05, 4.69) is 49.3 Å². The fourth-order valence-corrected chi connectivity index (χ4v) is 7.65. The van der Waals surface area contributed by atoms with Crippen LogP contribution in [0.2, 0.25) is 0 Å². The van der Waals surface area contributed by atoms with Crippen LogP contribution in [0.1, 0.15) is 67.6 Å². The number of hydrogen-bond acceptors (Lipinski definition) is 3. The van der Waals surface area contributed by atoms with Gasteiger partial charge in [0.2, 0.25) is 0 Å². The number of halogens is 1. The summed E-state index contributed by atoms with van der Waals surface area (Å²) in [6.07, 6.45) is 3.01. The maximum absolute atomic E-state index is 14.4. The van der Waals surface area contributed by atoms with Crippen LogP contribution in [0.5, 0.6) is 0 Å². The lowest BCUT2D eigenvalue weighted by atomic mass is 9.45. The molecule has 40 heavy (non-hydrogen) atoms. The van der Waals surface area contributed by atoms with Crippen LogP contribution in [-0.4, -0.2) is 59.9 Å². The molecule has 2 N–H and O–H groups in total. The molecule has 7 rings (SSSR count). The molecule has 2 aliphatic heterocycles. The van der Waals surface area contributed by atoms with Crippen molar-refractivity contribution in [1.82, 2.24) is 15.1 Å². The number of anilines is 1. The number of nitrogens with one attached hydrogen (secondary N) is 2. The molecule has 2 heterocycles. The van der Waals surface area contributed by atoms with Crippen molar-refractivity contribution < 1.29 is 9.18 Å². The van der Waals surface area contributed by atoms with Crippen molar-refractivity contribution in [3.05, 3.63) is 64.5 Å². The average molecular weight is 546 g/mol. The number of aliphatic imine (C=N–C) groups is 1. The number of hydrogen-bond donors (Lipinski definition) is 2. The fourth-order valence-electron chi connectivity index (χ4n) is 7.65. The molecule has 214 valence electrons. The molecule has 6 nitrogen and oxygen atoms in total. The molecule has 1 amide bonds. The van der Waals surface area contributed by atoms with Gasteiger partial charge in [0, 0.05) is 50.0 Å². The van der Waals surface area contributed by atoms with Crippen LogP contribution in [0, 0.1) is 35.9 Å². The Balaban J connectivity index is 1.18. The SMILES string of the molecule is Cc1ccc(CCN2Cc3cc(N/C(=N/[C@H]4C[C@H]5C[C@@H]([C@@H]4C)C5(C)C)N4CCN[C@@H](C)C4)ccc3C2=O)c(F)c1. The number of nitrogens with zero attached hydrogens (tertiary/aromatic N) is 3. The summed E-state index contributed by atoms with van der Waals surface area (Å²) in [4.78, 5) is 22.8. The Morgan fingerprint density at radius 1 is 1.18 bits per heavy atom. The lowest BCUT2D eigenvalue weighted by molar-refractivity contribution is -0.108. The van der Waals surface area contributed by atoms with Crippen molar-refractivity contribution >= 4 is 17.6 Å². The van der Waals surface area contributed by atoms with Gasteiger partial charge in [-0.2, -0.15) is 0 Å². The first kappa shape index (κ1) is 27.3. The second kappa shape index (κ2) is 10.5. The molecule has 0 radical (unpaired) electrons.